The first-order valence-corrected chi connectivity index (χ1v) is 6.55. The maximum atomic E-state index is 11.0. The third-order valence-electron chi connectivity index (χ3n) is 3.17. The van der Waals surface area contributed by atoms with Crippen LogP contribution in [0.1, 0.15) is 35.8 Å². The summed E-state index contributed by atoms with van der Waals surface area (Å²) >= 11 is 0. The Morgan fingerprint density at radius 2 is 2.05 bits per heavy atom. The fourth-order valence-electron chi connectivity index (χ4n) is 2.05. The highest BCUT2D eigenvalue weighted by Crippen LogP contribution is 2.23. The van der Waals surface area contributed by atoms with Gasteiger partial charge in [0.2, 0.25) is 0 Å². The molecule has 1 aromatic carbocycles. The van der Waals surface area contributed by atoms with Crippen LogP contribution in [0.4, 0.5) is 0 Å². The van der Waals surface area contributed by atoms with E-state index in [4.69, 9.17) is 5.11 Å². The van der Waals surface area contributed by atoms with Crippen molar-refractivity contribution in [3.8, 4) is 11.3 Å². The van der Waals surface area contributed by atoms with E-state index in [0.29, 0.717) is 12.5 Å². The van der Waals surface area contributed by atoms with Gasteiger partial charge in [-0.05, 0) is 23.1 Å². The normalized spacial score (nSPS) is 10.8. The molecule has 1 aromatic heterocycles. The molecule has 4 heteroatoms. The lowest BCUT2D eigenvalue weighted by molar-refractivity contribution is 0.0689. The number of hydrogen-bond donors (Lipinski definition) is 1. The zero-order chi connectivity index (χ0) is 14.7. The molecule has 0 bridgehead atoms. The Hall–Kier alpha value is -2.36. The Balaban J connectivity index is 2.44. The fourth-order valence-corrected chi connectivity index (χ4v) is 2.05. The summed E-state index contributed by atoms with van der Waals surface area (Å²) < 4.78 is 1.65. The van der Waals surface area contributed by atoms with E-state index in [1.165, 1.54) is 5.56 Å². The standard InChI is InChI=1S/C16H18N2O2/c1-4-9-18-15(10-14(17-18)16(19)20)13-7-5-12(6-8-13)11(2)3/h4-8,10-11H,1,9H2,2-3H3,(H,19,20). The van der Waals surface area contributed by atoms with Crippen LogP contribution in [0.5, 0.6) is 0 Å². The average Bonchev–Trinajstić information content (AvgIpc) is 2.83. The number of aromatic nitrogens is 2. The summed E-state index contributed by atoms with van der Waals surface area (Å²) in [6, 6.07) is 9.71. The van der Waals surface area contributed by atoms with Crippen LogP contribution in [-0.4, -0.2) is 20.9 Å². The second-order valence-corrected chi connectivity index (χ2v) is 4.97. The van der Waals surface area contributed by atoms with Crippen molar-refractivity contribution in [2.45, 2.75) is 26.3 Å². The Morgan fingerprint density at radius 1 is 1.40 bits per heavy atom. The van der Waals surface area contributed by atoms with Crippen molar-refractivity contribution in [1.82, 2.24) is 9.78 Å². The molecule has 2 aromatic rings. The van der Waals surface area contributed by atoms with Gasteiger partial charge in [0.15, 0.2) is 5.69 Å². The van der Waals surface area contributed by atoms with Crippen molar-refractivity contribution >= 4 is 5.97 Å². The van der Waals surface area contributed by atoms with Crippen molar-refractivity contribution in [2.24, 2.45) is 0 Å². The van der Waals surface area contributed by atoms with Gasteiger partial charge in [0.1, 0.15) is 0 Å². The maximum Gasteiger partial charge on any atom is 0.356 e. The molecule has 1 heterocycles. The molecule has 20 heavy (non-hydrogen) atoms. The van der Waals surface area contributed by atoms with E-state index in [1.807, 2.05) is 12.1 Å². The molecule has 0 radical (unpaired) electrons. The summed E-state index contributed by atoms with van der Waals surface area (Å²) in [5, 5.41) is 13.1. The van der Waals surface area contributed by atoms with Crippen LogP contribution in [0.3, 0.4) is 0 Å². The minimum atomic E-state index is -1.02. The molecule has 0 spiro atoms. The van der Waals surface area contributed by atoms with Gasteiger partial charge in [-0.15, -0.1) is 6.58 Å². The van der Waals surface area contributed by atoms with Crippen molar-refractivity contribution in [2.75, 3.05) is 0 Å². The highest BCUT2D eigenvalue weighted by Gasteiger charge is 2.14. The third kappa shape index (κ3) is 2.79. The van der Waals surface area contributed by atoms with Gasteiger partial charge >= 0.3 is 5.97 Å². The average molecular weight is 270 g/mol. The van der Waals surface area contributed by atoms with Gasteiger partial charge in [-0.3, -0.25) is 4.68 Å². The molecule has 0 saturated heterocycles. The monoisotopic (exact) mass is 270 g/mol. The molecule has 104 valence electrons. The summed E-state index contributed by atoms with van der Waals surface area (Å²) in [6.45, 7) is 8.43. The van der Waals surface area contributed by atoms with Gasteiger partial charge in [0, 0.05) is 0 Å². The van der Waals surface area contributed by atoms with Crippen molar-refractivity contribution in [1.29, 1.82) is 0 Å². The zero-order valence-corrected chi connectivity index (χ0v) is 11.7. The summed E-state index contributed by atoms with van der Waals surface area (Å²) in [4.78, 5) is 11.0. The Bertz CT molecular complexity index is 624. The van der Waals surface area contributed by atoms with Crippen LogP contribution in [0, 0.1) is 0 Å². The largest absolute Gasteiger partial charge is 0.476 e. The summed E-state index contributed by atoms with van der Waals surface area (Å²) in [5.74, 6) is -0.551. The van der Waals surface area contributed by atoms with Crippen LogP contribution in [0.15, 0.2) is 43.0 Å². The number of hydrogen-bond acceptors (Lipinski definition) is 2. The number of carboxylic acid groups (broad SMARTS) is 1. The van der Waals surface area contributed by atoms with E-state index in [1.54, 1.807) is 16.8 Å². The molecule has 0 aliphatic heterocycles. The van der Waals surface area contributed by atoms with Crippen molar-refractivity contribution < 1.29 is 9.90 Å². The molecule has 0 atom stereocenters. The summed E-state index contributed by atoms with van der Waals surface area (Å²) in [5.41, 5.74) is 3.05. The van der Waals surface area contributed by atoms with Crippen LogP contribution >= 0.6 is 0 Å². The lowest BCUT2D eigenvalue weighted by atomic mass is 10.0. The highest BCUT2D eigenvalue weighted by atomic mass is 16.4. The number of aromatic carboxylic acids is 1. The minimum Gasteiger partial charge on any atom is -0.476 e. The lowest BCUT2D eigenvalue weighted by Crippen LogP contribution is -2.03. The summed E-state index contributed by atoms with van der Waals surface area (Å²) in [6.07, 6.45) is 1.70. The Morgan fingerprint density at radius 3 is 2.55 bits per heavy atom. The number of rotatable bonds is 5. The van der Waals surface area contributed by atoms with Crippen molar-refractivity contribution in [3.63, 3.8) is 0 Å². The fraction of sp³-hybridized carbons (Fsp3) is 0.250. The molecular formula is C16H18N2O2. The first-order valence-electron chi connectivity index (χ1n) is 6.55. The van der Waals surface area contributed by atoms with Gasteiger partial charge in [-0.2, -0.15) is 5.10 Å². The van der Waals surface area contributed by atoms with Crippen LogP contribution < -0.4 is 0 Å². The predicted molar refractivity (Wildman–Crippen MR) is 78.9 cm³/mol. The summed E-state index contributed by atoms with van der Waals surface area (Å²) in [7, 11) is 0. The first-order chi connectivity index (χ1) is 9.52. The molecular weight excluding hydrogens is 252 g/mol. The van der Waals surface area contributed by atoms with E-state index in [2.05, 4.69) is 37.7 Å². The topological polar surface area (TPSA) is 55.1 Å². The molecule has 1 N–H and O–H groups in total. The second kappa shape index (κ2) is 5.74. The number of benzene rings is 1. The van der Waals surface area contributed by atoms with Gasteiger partial charge < -0.3 is 5.11 Å². The Kier molecular flexibility index (Phi) is 4.03. The second-order valence-electron chi connectivity index (χ2n) is 4.97. The van der Waals surface area contributed by atoms with Crippen LogP contribution in [-0.2, 0) is 6.54 Å². The van der Waals surface area contributed by atoms with E-state index < -0.39 is 5.97 Å². The maximum absolute atomic E-state index is 11.0. The van der Waals surface area contributed by atoms with Gasteiger partial charge in [-0.1, -0.05) is 44.2 Å². The zero-order valence-electron chi connectivity index (χ0n) is 11.7. The Labute approximate surface area is 118 Å². The first kappa shape index (κ1) is 14.1. The van der Waals surface area contributed by atoms with E-state index in [-0.39, 0.29) is 5.69 Å². The molecule has 4 nitrogen and oxygen atoms in total. The van der Waals surface area contributed by atoms with Gasteiger partial charge in [0.05, 0.1) is 12.2 Å². The van der Waals surface area contributed by atoms with Crippen molar-refractivity contribution in [3.05, 3.63) is 54.2 Å². The number of nitrogens with zero attached hydrogens (tertiary/aromatic N) is 2. The highest BCUT2D eigenvalue weighted by molar-refractivity contribution is 5.87. The lowest BCUT2D eigenvalue weighted by Gasteiger charge is -2.08. The molecule has 0 saturated carbocycles. The molecule has 0 unspecified atom stereocenters. The predicted octanol–water partition coefficient (Wildman–Crippen LogP) is 3.56. The number of carboxylic acids is 1. The van der Waals surface area contributed by atoms with Crippen LogP contribution in [0.25, 0.3) is 11.3 Å². The third-order valence-corrected chi connectivity index (χ3v) is 3.17. The van der Waals surface area contributed by atoms with Gasteiger partial charge in [-0.25, -0.2) is 4.79 Å². The van der Waals surface area contributed by atoms with Gasteiger partial charge in [0.25, 0.3) is 0 Å². The minimum absolute atomic E-state index is 0.0507. The molecule has 2 rings (SSSR count). The molecule has 0 amide bonds. The van der Waals surface area contributed by atoms with E-state index >= 15 is 0 Å². The molecule has 0 fully saturated rings. The van der Waals surface area contributed by atoms with E-state index in [0.717, 1.165) is 11.3 Å². The quantitative estimate of drug-likeness (QED) is 0.845. The van der Waals surface area contributed by atoms with E-state index in [9.17, 15) is 4.79 Å². The SMILES string of the molecule is C=CCn1nc(C(=O)O)cc1-c1ccc(C(C)C)cc1. The number of allylic oxidation sites excluding steroid dienone is 1. The van der Waals surface area contributed by atoms with Crippen LogP contribution in [0.2, 0.25) is 0 Å². The number of carbonyl (C=O) groups is 1. The molecule has 0 aliphatic carbocycles. The smallest absolute Gasteiger partial charge is 0.356 e. The molecule has 0 aliphatic rings.